The van der Waals surface area contributed by atoms with Crippen LogP contribution in [0.2, 0.25) is 0 Å². The first-order valence-corrected chi connectivity index (χ1v) is 8.57. The zero-order valence-corrected chi connectivity index (χ0v) is 15.4. The molecule has 0 aromatic heterocycles. The van der Waals surface area contributed by atoms with Gasteiger partial charge in [0.05, 0.1) is 0 Å². The van der Waals surface area contributed by atoms with Crippen molar-refractivity contribution in [3.63, 3.8) is 0 Å². The Balaban J connectivity index is 2.03. The van der Waals surface area contributed by atoms with Crippen molar-refractivity contribution in [1.29, 1.82) is 0 Å². The van der Waals surface area contributed by atoms with E-state index in [0.717, 1.165) is 11.1 Å². The van der Waals surface area contributed by atoms with Gasteiger partial charge in [0.1, 0.15) is 18.2 Å². The predicted molar refractivity (Wildman–Crippen MR) is 99.5 cm³/mol. The topological polar surface area (TPSA) is 64.6 Å². The highest BCUT2D eigenvalue weighted by atomic mass is 16.6. The molecule has 1 amide bonds. The summed E-state index contributed by atoms with van der Waals surface area (Å²) in [4.78, 5) is 24.6. The maximum atomic E-state index is 12.5. The van der Waals surface area contributed by atoms with Gasteiger partial charge in [0.15, 0.2) is 0 Å². The Morgan fingerprint density at radius 2 is 1.46 bits per heavy atom. The summed E-state index contributed by atoms with van der Waals surface area (Å²) < 4.78 is 10.6. The summed E-state index contributed by atoms with van der Waals surface area (Å²) in [5.74, 6) is -0.497. The van der Waals surface area contributed by atoms with Gasteiger partial charge in [-0.2, -0.15) is 0 Å². The van der Waals surface area contributed by atoms with E-state index in [1.165, 1.54) is 0 Å². The van der Waals surface area contributed by atoms with Crippen molar-refractivity contribution in [2.24, 2.45) is 0 Å². The minimum atomic E-state index is -0.823. The molecule has 0 bridgehead atoms. The number of ether oxygens (including phenoxy) is 2. The minimum absolute atomic E-state index is 0.154. The number of carbonyl (C=O) groups excluding carboxylic acids is 2. The van der Waals surface area contributed by atoms with Crippen LogP contribution in [0.4, 0.5) is 4.79 Å². The van der Waals surface area contributed by atoms with Crippen LogP contribution in [0.25, 0.3) is 0 Å². The summed E-state index contributed by atoms with van der Waals surface area (Å²) >= 11 is 0. The lowest BCUT2D eigenvalue weighted by Crippen LogP contribution is -2.45. The fraction of sp³-hybridized carbons (Fsp3) is 0.333. The van der Waals surface area contributed by atoms with Gasteiger partial charge >= 0.3 is 12.1 Å². The number of alkyl carbamates (subject to hydrolysis) is 1. The van der Waals surface area contributed by atoms with E-state index in [4.69, 9.17) is 9.47 Å². The van der Waals surface area contributed by atoms with Gasteiger partial charge in [-0.25, -0.2) is 9.59 Å². The molecule has 0 radical (unpaired) electrons. The molecule has 2 aromatic rings. The van der Waals surface area contributed by atoms with Gasteiger partial charge in [0.2, 0.25) is 0 Å². The summed E-state index contributed by atoms with van der Waals surface area (Å²) in [5.41, 5.74) is 1.16. The summed E-state index contributed by atoms with van der Waals surface area (Å²) in [6, 6.07) is 18.0. The van der Waals surface area contributed by atoms with E-state index < -0.39 is 23.7 Å². The van der Waals surface area contributed by atoms with Crippen LogP contribution in [-0.4, -0.2) is 23.7 Å². The molecule has 0 heterocycles. The first kappa shape index (κ1) is 19.5. The molecule has 0 aliphatic carbocycles. The number of rotatable bonds is 6. The molecule has 0 spiro atoms. The van der Waals surface area contributed by atoms with Gasteiger partial charge in [0.25, 0.3) is 0 Å². The highest BCUT2D eigenvalue weighted by Crippen LogP contribution is 2.10. The number of nitrogens with one attached hydrogen (secondary N) is 1. The van der Waals surface area contributed by atoms with Gasteiger partial charge in [-0.15, -0.1) is 0 Å². The van der Waals surface area contributed by atoms with Crippen molar-refractivity contribution in [3.05, 3.63) is 71.8 Å². The van der Waals surface area contributed by atoms with Crippen LogP contribution in [0.3, 0.4) is 0 Å². The Hall–Kier alpha value is -2.82. The van der Waals surface area contributed by atoms with Crippen molar-refractivity contribution in [3.8, 4) is 0 Å². The van der Waals surface area contributed by atoms with Crippen molar-refractivity contribution in [1.82, 2.24) is 5.32 Å². The molecule has 1 N–H and O–H groups in total. The van der Waals surface area contributed by atoms with Gasteiger partial charge in [0, 0.05) is 6.42 Å². The quantitative estimate of drug-likeness (QED) is 0.799. The van der Waals surface area contributed by atoms with Gasteiger partial charge in [-0.1, -0.05) is 60.7 Å². The summed E-state index contributed by atoms with van der Waals surface area (Å²) in [5, 5.41) is 2.62. The lowest BCUT2D eigenvalue weighted by atomic mass is 10.1. The molecular weight excluding hydrogens is 330 g/mol. The Labute approximate surface area is 154 Å². The van der Waals surface area contributed by atoms with Crippen LogP contribution < -0.4 is 5.32 Å². The summed E-state index contributed by atoms with van der Waals surface area (Å²) in [6.45, 7) is 5.46. The molecule has 0 saturated carbocycles. The molecule has 5 heteroatoms. The zero-order valence-electron chi connectivity index (χ0n) is 15.4. The Kier molecular flexibility index (Phi) is 6.78. The monoisotopic (exact) mass is 355 g/mol. The molecule has 138 valence electrons. The van der Waals surface area contributed by atoms with Crippen molar-refractivity contribution < 1.29 is 19.1 Å². The number of benzene rings is 2. The Morgan fingerprint density at radius 1 is 0.923 bits per heavy atom. The van der Waals surface area contributed by atoms with Crippen LogP contribution in [0.5, 0.6) is 0 Å². The number of carbonyl (C=O) groups is 2. The maximum Gasteiger partial charge on any atom is 0.408 e. The molecule has 2 rings (SSSR count). The molecule has 0 aliphatic rings. The predicted octanol–water partition coefficient (Wildman–Crippen LogP) is 3.87. The highest BCUT2D eigenvalue weighted by molar-refractivity contribution is 5.81. The highest BCUT2D eigenvalue weighted by Gasteiger charge is 2.26. The molecule has 2 aromatic carbocycles. The zero-order chi connectivity index (χ0) is 19.0. The van der Waals surface area contributed by atoms with Crippen LogP contribution in [0, 0.1) is 0 Å². The average molecular weight is 355 g/mol. The summed E-state index contributed by atoms with van der Waals surface area (Å²) in [6.07, 6.45) is -0.316. The van der Waals surface area contributed by atoms with Gasteiger partial charge in [-0.3, -0.25) is 0 Å². The largest absolute Gasteiger partial charge is 0.459 e. The first-order chi connectivity index (χ1) is 12.3. The fourth-order valence-corrected chi connectivity index (χ4v) is 2.32. The number of esters is 1. The van der Waals surface area contributed by atoms with Crippen LogP contribution in [0.1, 0.15) is 31.9 Å². The molecule has 0 fully saturated rings. The average Bonchev–Trinajstić information content (AvgIpc) is 2.59. The van der Waals surface area contributed by atoms with E-state index in [2.05, 4.69) is 5.32 Å². The van der Waals surface area contributed by atoms with Crippen LogP contribution >= 0.6 is 0 Å². The Bertz CT molecular complexity index is 708. The summed E-state index contributed by atoms with van der Waals surface area (Å²) in [7, 11) is 0. The first-order valence-electron chi connectivity index (χ1n) is 8.57. The third-order valence-corrected chi connectivity index (χ3v) is 3.48. The van der Waals surface area contributed by atoms with E-state index in [-0.39, 0.29) is 6.61 Å². The number of hydrogen-bond donors (Lipinski definition) is 1. The standard InChI is InChI=1S/C21H25NO4/c1-21(2,3)26-20(24)22-18(14-16-10-6-4-7-11-16)19(23)25-15-17-12-8-5-9-13-17/h4-13,18H,14-15H2,1-3H3,(H,22,24)/t18-/m0/s1. The molecule has 1 atom stereocenters. The van der Waals surface area contributed by atoms with E-state index in [0.29, 0.717) is 6.42 Å². The fourth-order valence-electron chi connectivity index (χ4n) is 2.32. The van der Waals surface area contributed by atoms with Gasteiger partial charge < -0.3 is 14.8 Å². The van der Waals surface area contributed by atoms with Crippen molar-refractivity contribution in [2.75, 3.05) is 0 Å². The van der Waals surface area contributed by atoms with Crippen LogP contribution in [0.15, 0.2) is 60.7 Å². The minimum Gasteiger partial charge on any atom is -0.459 e. The normalized spacial score (nSPS) is 12.1. The second-order valence-corrected chi connectivity index (χ2v) is 6.98. The second-order valence-electron chi connectivity index (χ2n) is 6.98. The maximum absolute atomic E-state index is 12.5. The Morgan fingerprint density at radius 3 is 2.00 bits per heavy atom. The van der Waals surface area contributed by atoms with Gasteiger partial charge in [-0.05, 0) is 31.9 Å². The van der Waals surface area contributed by atoms with E-state index >= 15 is 0 Å². The number of hydrogen-bond acceptors (Lipinski definition) is 4. The van der Waals surface area contributed by atoms with E-state index in [1.807, 2.05) is 60.7 Å². The third-order valence-electron chi connectivity index (χ3n) is 3.48. The van der Waals surface area contributed by atoms with Crippen molar-refractivity contribution >= 4 is 12.1 Å². The van der Waals surface area contributed by atoms with E-state index in [9.17, 15) is 9.59 Å². The van der Waals surface area contributed by atoms with Crippen molar-refractivity contribution in [2.45, 2.75) is 45.4 Å². The molecular formula is C21H25NO4. The molecule has 0 saturated heterocycles. The lowest BCUT2D eigenvalue weighted by molar-refractivity contribution is -0.147. The third kappa shape index (κ3) is 6.97. The molecule has 26 heavy (non-hydrogen) atoms. The second kappa shape index (κ2) is 9.04. The van der Waals surface area contributed by atoms with E-state index in [1.54, 1.807) is 20.8 Å². The smallest absolute Gasteiger partial charge is 0.408 e. The van der Waals surface area contributed by atoms with Crippen LogP contribution in [-0.2, 0) is 27.3 Å². The molecule has 0 unspecified atom stereocenters. The number of amides is 1. The molecule has 5 nitrogen and oxygen atoms in total. The SMILES string of the molecule is CC(C)(C)OC(=O)N[C@@H](Cc1ccccc1)C(=O)OCc1ccccc1. The lowest BCUT2D eigenvalue weighted by Gasteiger charge is -2.23. The molecule has 0 aliphatic heterocycles.